The van der Waals surface area contributed by atoms with Gasteiger partial charge in [0, 0.05) is 10.5 Å². The number of hydrogen-bond acceptors (Lipinski definition) is 4. The molecule has 0 aromatic heterocycles. The molecule has 1 amide bonds. The molecule has 0 spiro atoms. The summed E-state index contributed by atoms with van der Waals surface area (Å²) < 4.78 is 10.7. The van der Waals surface area contributed by atoms with Gasteiger partial charge >= 0.3 is 0 Å². The number of thioether (sulfide) groups is 1. The predicted molar refractivity (Wildman–Crippen MR) is 98.3 cm³/mol. The smallest absolute Gasteiger partial charge is 0.252 e. The van der Waals surface area contributed by atoms with Crippen LogP contribution in [0.2, 0.25) is 0 Å². The summed E-state index contributed by atoms with van der Waals surface area (Å²) in [5, 5.41) is 3.05. The Hall–Kier alpha value is -2.14. The van der Waals surface area contributed by atoms with Gasteiger partial charge < -0.3 is 14.8 Å². The van der Waals surface area contributed by atoms with E-state index in [0.717, 1.165) is 27.7 Å². The maximum Gasteiger partial charge on any atom is 0.252 e. The standard InChI is InChI=1S/C19H23NO3S/c1-5-24-18-9-7-6-8-15(18)19(21)20-13(2)16-12-14(22-3)10-11-17(16)23-4/h6-13H,5H2,1-4H3,(H,20,21). The van der Waals surface area contributed by atoms with Crippen LogP contribution in [0, 0.1) is 0 Å². The predicted octanol–water partition coefficient (Wildman–Crippen LogP) is 4.31. The molecule has 0 radical (unpaired) electrons. The number of carbonyl (C=O) groups is 1. The third-order valence-corrected chi connectivity index (χ3v) is 4.64. The molecule has 2 aromatic carbocycles. The van der Waals surface area contributed by atoms with Crippen molar-refractivity contribution in [2.24, 2.45) is 0 Å². The molecule has 5 heteroatoms. The van der Waals surface area contributed by atoms with Crippen LogP contribution >= 0.6 is 11.8 Å². The molecule has 1 atom stereocenters. The summed E-state index contributed by atoms with van der Waals surface area (Å²) in [6.07, 6.45) is 0. The molecular weight excluding hydrogens is 322 g/mol. The van der Waals surface area contributed by atoms with Crippen molar-refractivity contribution in [2.45, 2.75) is 24.8 Å². The second-order valence-electron chi connectivity index (χ2n) is 5.23. The average Bonchev–Trinajstić information content (AvgIpc) is 2.61. The summed E-state index contributed by atoms with van der Waals surface area (Å²) in [5.74, 6) is 2.28. The van der Waals surface area contributed by atoms with Gasteiger partial charge in [0.1, 0.15) is 11.5 Å². The fourth-order valence-corrected chi connectivity index (χ4v) is 3.27. The zero-order chi connectivity index (χ0) is 17.5. The Morgan fingerprint density at radius 2 is 1.92 bits per heavy atom. The average molecular weight is 345 g/mol. The molecule has 0 saturated carbocycles. The van der Waals surface area contributed by atoms with E-state index in [1.54, 1.807) is 26.0 Å². The maximum atomic E-state index is 12.7. The van der Waals surface area contributed by atoms with Gasteiger partial charge in [-0.25, -0.2) is 0 Å². The number of rotatable bonds is 7. The van der Waals surface area contributed by atoms with Crippen LogP contribution in [0.15, 0.2) is 47.4 Å². The molecule has 24 heavy (non-hydrogen) atoms. The molecule has 1 N–H and O–H groups in total. The third-order valence-electron chi connectivity index (χ3n) is 3.68. The van der Waals surface area contributed by atoms with Gasteiger partial charge in [-0.3, -0.25) is 4.79 Å². The molecule has 0 bridgehead atoms. The Bertz CT molecular complexity index is 703. The van der Waals surface area contributed by atoms with Gasteiger partial charge in [-0.05, 0) is 43.0 Å². The van der Waals surface area contributed by atoms with Crippen LogP contribution < -0.4 is 14.8 Å². The van der Waals surface area contributed by atoms with Gasteiger partial charge in [0.25, 0.3) is 5.91 Å². The number of amides is 1. The fourth-order valence-electron chi connectivity index (χ4n) is 2.47. The summed E-state index contributed by atoms with van der Waals surface area (Å²) in [4.78, 5) is 13.7. The molecule has 0 heterocycles. The Morgan fingerprint density at radius 1 is 1.17 bits per heavy atom. The number of nitrogens with one attached hydrogen (secondary N) is 1. The monoisotopic (exact) mass is 345 g/mol. The molecule has 2 rings (SSSR count). The molecule has 0 aliphatic carbocycles. The normalized spacial score (nSPS) is 11.7. The lowest BCUT2D eigenvalue weighted by Gasteiger charge is -2.19. The van der Waals surface area contributed by atoms with Crippen molar-refractivity contribution in [3.05, 3.63) is 53.6 Å². The zero-order valence-corrected chi connectivity index (χ0v) is 15.3. The lowest BCUT2D eigenvalue weighted by molar-refractivity contribution is 0.0936. The number of carbonyl (C=O) groups excluding carboxylic acids is 1. The molecule has 128 valence electrons. The minimum Gasteiger partial charge on any atom is -0.497 e. The van der Waals surface area contributed by atoms with E-state index in [9.17, 15) is 4.79 Å². The molecule has 0 fully saturated rings. The van der Waals surface area contributed by atoms with E-state index >= 15 is 0 Å². The van der Waals surface area contributed by atoms with Gasteiger partial charge in [0.05, 0.1) is 25.8 Å². The van der Waals surface area contributed by atoms with Crippen molar-refractivity contribution in [2.75, 3.05) is 20.0 Å². The van der Waals surface area contributed by atoms with Crippen LogP contribution in [0.4, 0.5) is 0 Å². The van der Waals surface area contributed by atoms with Gasteiger partial charge in [-0.1, -0.05) is 19.1 Å². The highest BCUT2D eigenvalue weighted by Crippen LogP contribution is 2.30. The van der Waals surface area contributed by atoms with E-state index in [1.807, 2.05) is 49.4 Å². The van der Waals surface area contributed by atoms with Gasteiger partial charge in [-0.2, -0.15) is 0 Å². The molecule has 0 aliphatic rings. The minimum atomic E-state index is -0.206. The van der Waals surface area contributed by atoms with E-state index in [-0.39, 0.29) is 11.9 Å². The summed E-state index contributed by atoms with van der Waals surface area (Å²) in [6.45, 7) is 4.01. The minimum absolute atomic E-state index is 0.0936. The molecular formula is C19H23NO3S. The van der Waals surface area contributed by atoms with Crippen molar-refractivity contribution in [3.63, 3.8) is 0 Å². The number of hydrogen-bond donors (Lipinski definition) is 1. The highest BCUT2D eigenvalue weighted by molar-refractivity contribution is 7.99. The quantitative estimate of drug-likeness (QED) is 0.760. The van der Waals surface area contributed by atoms with E-state index in [4.69, 9.17) is 9.47 Å². The first-order valence-electron chi connectivity index (χ1n) is 7.85. The largest absolute Gasteiger partial charge is 0.497 e. The molecule has 1 unspecified atom stereocenters. The van der Waals surface area contributed by atoms with Gasteiger partial charge in [0.2, 0.25) is 0 Å². The SMILES string of the molecule is CCSc1ccccc1C(=O)NC(C)c1cc(OC)ccc1OC. The van der Waals surface area contributed by atoms with E-state index < -0.39 is 0 Å². The fraction of sp³-hybridized carbons (Fsp3) is 0.316. The highest BCUT2D eigenvalue weighted by atomic mass is 32.2. The molecule has 0 aliphatic heterocycles. The summed E-state index contributed by atoms with van der Waals surface area (Å²) in [5.41, 5.74) is 1.57. The lowest BCUT2D eigenvalue weighted by atomic mass is 10.1. The Morgan fingerprint density at radius 3 is 2.58 bits per heavy atom. The zero-order valence-electron chi connectivity index (χ0n) is 14.5. The van der Waals surface area contributed by atoms with Crippen LogP contribution in [0.5, 0.6) is 11.5 Å². The third kappa shape index (κ3) is 4.23. The van der Waals surface area contributed by atoms with Crippen molar-refractivity contribution in [1.82, 2.24) is 5.32 Å². The number of ether oxygens (including phenoxy) is 2. The first-order valence-corrected chi connectivity index (χ1v) is 8.83. The Balaban J connectivity index is 2.23. The second-order valence-corrected chi connectivity index (χ2v) is 6.54. The first-order chi connectivity index (χ1) is 11.6. The first kappa shape index (κ1) is 18.2. The molecule has 2 aromatic rings. The lowest BCUT2D eigenvalue weighted by Crippen LogP contribution is -2.27. The summed E-state index contributed by atoms with van der Waals surface area (Å²) in [7, 11) is 3.24. The van der Waals surface area contributed by atoms with E-state index in [1.165, 1.54) is 0 Å². The summed E-state index contributed by atoms with van der Waals surface area (Å²) >= 11 is 1.66. The second kappa shape index (κ2) is 8.64. The van der Waals surface area contributed by atoms with Crippen molar-refractivity contribution >= 4 is 17.7 Å². The van der Waals surface area contributed by atoms with Gasteiger partial charge in [0.15, 0.2) is 0 Å². The molecule has 4 nitrogen and oxygen atoms in total. The van der Waals surface area contributed by atoms with Crippen LogP contribution in [0.1, 0.15) is 35.8 Å². The van der Waals surface area contributed by atoms with Crippen LogP contribution in [0.25, 0.3) is 0 Å². The number of methoxy groups -OCH3 is 2. The molecule has 0 saturated heterocycles. The van der Waals surface area contributed by atoms with Crippen LogP contribution in [0.3, 0.4) is 0 Å². The van der Waals surface area contributed by atoms with E-state index in [2.05, 4.69) is 12.2 Å². The maximum absolute atomic E-state index is 12.7. The van der Waals surface area contributed by atoms with Crippen LogP contribution in [-0.4, -0.2) is 25.9 Å². The topological polar surface area (TPSA) is 47.6 Å². The number of benzene rings is 2. The van der Waals surface area contributed by atoms with Crippen molar-refractivity contribution < 1.29 is 14.3 Å². The Kier molecular flexibility index (Phi) is 6.55. The van der Waals surface area contributed by atoms with Crippen molar-refractivity contribution in [3.8, 4) is 11.5 Å². The van der Waals surface area contributed by atoms with Gasteiger partial charge in [-0.15, -0.1) is 11.8 Å². The highest BCUT2D eigenvalue weighted by Gasteiger charge is 2.18. The summed E-state index contributed by atoms with van der Waals surface area (Å²) in [6, 6.07) is 13.0. The van der Waals surface area contributed by atoms with Crippen molar-refractivity contribution in [1.29, 1.82) is 0 Å². The Labute approximate surface area is 147 Å². The van der Waals surface area contributed by atoms with Crippen LogP contribution in [-0.2, 0) is 0 Å². The van der Waals surface area contributed by atoms with E-state index in [0.29, 0.717) is 5.56 Å².